The molecule has 4 heterocycles. The quantitative estimate of drug-likeness (QED) is 0.636. The minimum Gasteiger partial charge on any atom is -0.498 e. The number of ether oxygens (including phenoxy) is 2. The molecular weight excluding hydrogens is 452 g/mol. The van der Waals surface area contributed by atoms with E-state index in [9.17, 15) is 9.59 Å². The van der Waals surface area contributed by atoms with Gasteiger partial charge in [-0.25, -0.2) is 4.98 Å². The van der Waals surface area contributed by atoms with Gasteiger partial charge in [0.1, 0.15) is 11.9 Å². The zero-order valence-electron chi connectivity index (χ0n) is 19.7. The van der Waals surface area contributed by atoms with Gasteiger partial charge >= 0.3 is 5.91 Å². The Bertz CT molecular complexity index is 1180. The smallest absolute Gasteiger partial charge is 0.311 e. The maximum absolute atomic E-state index is 13.0. The summed E-state index contributed by atoms with van der Waals surface area (Å²) in [5.74, 6) is -0.0549. The number of amides is 2. The molecule has 2 amide bonds. The van der Waals surface area contributed by atoms with Gasteiger partial charge in [0.2, 0.25) is 5.88 Å². The Morgan fingerprint density at radius 3 is 2.97 bits per heavy atom. The lowest BCUT2D eigenvalue weighted by atomic mass is 9.96. The molecule has 2 N–H and O–H groups in total. The highest BCUT2D eigenvalue weighted by molar-refractivity contribution is 6.11. The van der Waals surface area contributed by atoms with Crippen LogP contribution in [0.5, 0.6) is 0 Å². The van der Waals surface area contributed by atoms with Crippen molar-refractivity contribution >= 4 is 29.1 Å². The monoisotopic (exact) mass is 480 g/mol. The normalized spacial score (nSPS) is 20.5. The Labute approximate surface area is 202 Å². The van der Waals surface area contributed by atoms with Crippen molar-refractivity contribution in [2.75, 3.05) is 62.1 Å². The molecule has 1 unspecified atom stereocenters. The molecular formula is C24H28N6O5. The van der Waals surface area contributed by atoms with Crippen molar-refractivity contribution in [3.63, 3.8) is 0 Å². The lowest BCUT2D eigenvalue weighted by Crippen LogP contribution is -2.29. The Morgan fingerprint density at radius 2 is 2.14 bits per heavy atom. The molecule has 5 rings (SSSR count). The zero-order valence-corrected chi connectivity index (χ0v) is 19.7. The number of nitrogens with one attached hydrogen (secondary N) is 2. The third-order valence-corrected chi connectivity index (χ3v) is 6.44. The van der Waals surface area contributed by atoms with Crippen LogP contribution in [-0.4, -0.2) is 74.8 Å². The van der Waals surface area contributed by atoms with Gasteiger partial charge in [-0.1, -0.05) is 0 Å². The van der Waals surface area contributed by atoms with Crippen LogP contribution in [-0.2, 0) is 14.3 Å². The highest BCUT2D eigenvalue weighted by atomic mass is 16.5. The Hall–Kier alpha value is -3.70. The van der Waals surface area contributed by atoms with Crippen LogP contribution in [0, 0.1) is 0 Å². The van der Waals surface area contributed by atoms with E-state index in [4.69, 9.17) is 13.9 Å². The summed E-state index contributed by atoms with van der Waals surface area (Å²) in [5, 5.41) is 6.23. The molecule has 0 bridgehead atoms. The van der Waals surface area contributed by atoms with Gasteiger partial charge in [-0.05, 0) is 30.7 Å². The van der Waals surface area contributed by atoms with Crippen LogP contribution in [0.15, 0.2) is 52.1 Å². The number of methoxy groups -OCH3 is 2. The molecule has 2 aliphatic heterocycles. The summed E-state index contributed by atoms with van der Waals surface area (Å²) in [6.07, 6.45) is 7.74. The Kier molecular flexibility index (Phi) is 6.51. The average Bonchev–Trinajstić information content (AvgIpc) is 3.38. The van der Waals surface area contributed by atoms with E-state index in [0.29, 0.717) is 30.0 Å². The van der Waals surface area contributed by atoms with E-state index < -0.39 is 5.91 Å². The first-order valence-electron chi connectivity index (χ1n) is 11.6. The number of oxazole rings is 1. The van der Waals surface area contributed by atoms with Crippen molar-refractivity contribution in [2.24, 2.45) is 0 Å². The summed E-state index contributed by atoms with van der Waals surface area (Å²) < 4.78 is 16.6. The fourth-order valence-corrected chi connectivity index (χ4v) is 4.63. The number of carbonyl (C=O) groups is 2. The van der Waals surface area contributed by atoms with Crippen LogP contribution in [0.4, 0.5) is 17.3 Å². The second-order valence-corrected chi connectivity index (χ2v) is 8.53. The van der Waals surface area contributed by atoms with Crippen molar-refractivity contribution < 1.29 is 23.5 Å². The molecule has 2 aromatic heterocycles. The number of nitrogens with zero attached hydrogens (tertiary/aromatic N) is 4. The Morgan fingerprint density at radius 1 is 1.26 bits per heavy atom. The van der Waals surface area contributed by atoms with Crippen LogP contribution >= 0.6 is 0 Å². The molecule has 0 radical (unpaired) electrons. The van der Waals surface area contributed by atoms with Crippen LogP contribution in [0.2, 0.25) is 0 Å². The summed E-state index contributed by atoms with van der Waals surface area (Å²) in [4.78, 5) is 38.0. The molecule has 1 fully saturated rings. The molecule has 35 heavy (non-hydrogen) atoms. The van der Waals surface area contributed by atoms with Crippen molar-refractivity contribution in [3.8, 4) is 0 Å². The van der Waals surface area contributed by atoms with E-state index in [1.807, 2.05) is 6.07 Å². The molecule has 11 heteroatoms. The predicted molar refractivity (Wildman–Crippen MR) is 128 cm³/mol. The van der Waals surface area contributed by atoms with E-state index in [1.165, 1.54) is 11.1 Å². The first-order valence-corrected chi connectivity index (χ1v) is 11.6. The maximum Gasteiger partial charge on any atom is 0.311 e. The number of rotatable bonds is 6. The number of aromatic nitrogens is 2. The molecule has 1 aliphatic carbocycles. The molecule has 11 nitrogen and oxygen atoms in total. The van der Waals surface area contributed by atoms with Crippen molar-refractivity contribution in [3.05, 3.63) is 53.5 Å². The maximum atomic E-state index is 13.0. The molecule has 1 atom stereocenters. The fourth-order valence-electron chi connectivity index (χ4n) is 4.63. The van der Waals surface area contributed by atoms with Crippen LogP contribution in [0.3, 0.4) is 0 Å². The minimum atomic E-state index is -0.510. The van der Waals surface area contributed by atoms with Gasteiger partial charge in [-0.3, -0.25) is 19.5 Å². The van der Waals surface area contributed by atoms with Crippen molar-refractivity contribution in [1.29, 1.82) is 0 Å². The first kappa shape index (κ1) is 23.1. The molecule has 2 aromatic rings. The van der Waals surface area contributed by atoms with Crippen LogP contribution < -0.4 is 20.4 Å². The molecule has 0 aromatic carbocycles. The first-order chi connectivity index (χ1) is 17.1. The van der Waals surface area contributed by atoms with E-state index >= 15 is 0 Å². The largest absolute Gasteiger partial charge is 0.498 e. The van der Waals surface area contributed by atoms with E-state index in [2.05, 4.69) is 25.5 Å². The number of pyridine rings is 1. The van der Waals surface area contributed by atoms with Gasteiger partial charge in [-0.15, -0.1) is 0 Å². The van der Waals surface area contributed by atoms with Crippen molar-refractivity contribution in [1.82, 2.24) is 15.3 Å². The average molecular weight is 481 g/mol. The second kappa shape index (κ2) is 9.88. The summed E-state index contributed by atoms with van der Waals surface area (Å²) in [5.41, 5.74) is 2.96. The van der Waals surface area contributed by atoms with Gasteiger partial charge in [0, 0.05) is 44.9 Å². The van der Waals surface area contributed by atoms with Gasteiger partial charge in [0.05, 0.1) is 37.4 Å². The highest BCUT2D eigenvalue weighted by Gasteiger charge is 2.37. The molecule has 3 aliphatic rings. The molecule has 0 spiro atoms. The topological polar surface area (TPSA) is 122 Å². The van der Waals surface area contributed by atoms with Gasteiger partial charge in [-0.2, -0.15) is 0 Å². The summed E-state index contributed by atoms with van der Waals surface area (Å²) in [7, 11) is 3.16. The Balaban J connectivity index is 1.30. The molecule has 1 saturated heterocycles. The highest BCUT2D eigenvalue weighted by Crippen LogP contribution is 2.35. The summed E-state index contributed by atoms with van der Waals surface area (Å²) >= 11 is 0. The number of hydrogen-bond donors (Lipinski definition) is 2. The third-order valence-electron chi connectivity index (χ3n) is 6.44. The minimum absolute atomic E-state index is 0.132. The standard InChI is InChI=1S/C24H28N6O5/c1-33-19-10-15-14-30(24(32)16(15)11-20(19)34-2)21-13-27-23(35-21)22(31)28-17-12-26-6-4-18(17)29-8-3-5-25-7-9-29/h4,6,11-13,19,25H,3,5,7-10,14H2,1-2H3,(H,28,31). The number of hydrogen-bond acceptors (Lipinski definition) is 9. The number of carbonyl (C=O) groups excluding carboxylic acids is 2. The summed E-state index contributed by atoms with van der Waals surface area (Å²) in [6.45, 7) is 3.87. The zero-order chi connectivity index (χ0) is 24.4. The molecule has 0 saturated carbocycles. The van der Waals surface area contributed by atoms with Crippen LogP contribution in [0.1, 0.15) is 23.5 Å². The summed E-state index contributed by atoms with van der Waals surface area (Å²) in [6, 6.07) is 1.89. The van der Waals surface area contributed by atoms with E-state index in [-0.39, 0.29) is 23.8 Å². The van der Waals surface area contributed by atoms with E-state index in [1.54, 1.807) is 32.7 Å². The molecule has 184 valence electrons. The SMILES string of the molecule is COC1=CC2=C(CC1OC)CN(c1cnc(C(=O)Nc3cnccc3N3CCCNCC3)o1)C2=O. The van der Waals surface area contributed by atoms with Gasteiger partial charge in [0.15, 0.2) is 0 Å². The fraction of sp³-hybridized carbons (Fsp3) is 0.417. The predicted octanol–water partition coefficient (Wildman–Crippen LogP) is 1.71. The van der Waals surface area contributed by atoms with Crippen LogP contribution in [0.25, 0.3) is 0 Å². The lowest BCUT2D eigenvalue weighted by Gasteiger charge is -2.24. The van der Waals surface area contributed by atoms with Gasteiger partial charge in [0.25, 0.3) is 11.8 Å². The third kappa shape index (κ3) is 4.52. The van der Waals surface area contributed by atoms with Crippen molar-refractivity contribution in [2.45, 2.75) is 18.9 Å². The second-order valence-electron chi connectivity index (χ2n) is 8.53. The van der Waals surface area contributed by atoms with Gasteiger partial charge < -0.3 is 29.4 Å². The van der Waals surface area contributed by atoms with E-state index in [0.717, 1.165) is 43.9 Å². The number of anilines is 3. The lowest BCUT2D eigenvalue weighted by molar-refractivity contribution is -0.114.